The summed E-state index contributed by atoms with van der Waals surface area (Å²) in [6, 6.07) is 4.90. The van der Waals surface area contributed by atoms with Gasteiger partial charge in [0.25, 0.3) is 0 Å². The Bertz CT molecular complexity index is 802. The first-order valence-corrected chi connectivity index (χ1v) is 7.80. The first-order chi connectivity index (χ1) is 8.80. The summed E-state index contributed by atoms with van der Waals surface area (Å²) in [5.74, 6) is -0.435. The fourth-order valence-electron chi connectivity index (χ4n) is 1.91. The van der Waals surface area contributed by atoms with Crippen LogP contribution in [-0.4, -0.2) is 30.1 Å². The van der Waals surface area contributed by atoms with E-state index in [1.807, 2.05) is 0 Å². The average molecular weight is 299 g/mol. The Morgan fingerprint density at radius 3 is 2.74 bits per heavy atom. The molecule has 0 aliphatic carbocycles. The fourth-order valence-corrected chi connectivity index (χ4v) is 3.05. The largest absolute Gasteiger partial charge is 0.370 e. The zero-order valence-electron chi connectivity index (χ0n) is 10.2. The highest BCUT2D eigenvalue weighted by atomic mass is 32.2. The molecular weight excluding hydrogens is 286 g/mol. The minimum atomic E-state index is -3.35. The number of aryl methyl sites for hydroxylation is 1. The summed E-state index contributed by atoms with van der Waals surface area (Å²) in [7, 11) is -3.35. The Morgan fingerprint density at radius 2 is 2.16 bits per heavy atom. The van der Waals surface area contributed by atoms with E-state index in [0.717, 1.165) is 6.26 Å². The minimum absolute atomic E-state index is 0.143. The summed E-state index contributed by atoms with van der Waals surface area (Å²) in [6.07, 6.45) is 1.28. The predicted molar refractivity (Wildman–Crippen MR) is 74.0 cm³/mol. The van der Waals surface area contributed by atoms with Crippen LogP contribution in [0.25, 0.3) is 11.0 Å². The molecular formula is C11H13N3O3S2. The average Bonchev–Trinajstić information content (AvgIpc) is 2.60. The zero-order chi connectivity index (χ0) is 14.2. The van der Waals surface area contributed by atoms with E-state index in [4.69, 9.17) is 18.0 Å². The van der Waals surface area contributed by atoms with Gasteiger partial charge in [-0.1, -0.05) is 6.07 Å². The van der Waals surface area contributed by atoms with E-state index in [0.29, 0.717) is 22.3 Å². The summed E-state index contributed by atoms with van der Waals surface area (Å²) >= 11 is 5.15. The molecule has 0 spiro atoms. The number of nitrogens with zero attached hydrogens (tertiary/aromatic N) is 1. The summed E-state index contributed by atoms with van der Waals surface area (Å²) in [6.45, 7) is 0.321. The van der Waals surface area contributed by atoms with Gasteiger partial charge >= 0.3 is 0 Å². The highest BCUT2D eigenvalue weighted by molar-refractivity contribution is 7.91. The second kappa shape index (κ2) is 4.78. The van der Waals surface area contributed by atoms with Crippen molar-refractivity contribution in [1.82, 2.24) is 9.55 Å². The van der Waals surface area contributed by atoms with Crippen molar-refractivity contribution in [2.75, 3.05) is 6.26 Å². The van der Waals surface area contributed by atoms with Crippen molar-refractivity contribution < 1.29 is 13.2 Å². The number of carbonyl (C=O) groups excluding carboxylic acids is 1. The number of nitrogens with two attached hydrogens (primary N) is 1. The second-order valence-corrected chi connectivity index (χ2v) is 6.59. The summed E-state index contributed by atoms with van der Waals surface area (Å²) in [4.78, 5) is 13.9. The van der Waals surface area contributed by atoms with Gasteiger partial charge in [-0.15, -0.1) is 0 Å². The minimum Gasteiger partial charge on any atom is -0.370 e. The molecule has 1 heterocycles. The number of para-hydroxylation sites is 1. The van der Waals surface area contributed by atoms with Crippen molar-refractivity contribution >= 4 is 39.0 Å². The highest BCUT2D eigenvalue weighted by Crippen LogP contribution is 2.22. The number of aromatic nitrogens is 2. The van der Waals surface area contributed by atoms with Crippen molar-refractivity contribution in [3.8, 4) is 0 Å². The Morgan fingerprint density at radius 1 is 1.47 bits per heavy atom. The lowest BCUT2D eigenvalue weighted by atomic mass is 10.3. The van der Waals surface area contributed by atoms with E-state index in [1.54, 1.807) is 16.7 Å². The van der Waals surface area contributed by atoms with Crippen molar-refractivity contribution in [3.63, 3.8) is 0 Å². The molecule has 0 saturated carbocycles. The predicted octanol–water partition coefficient (Wildman–Crippen LogP) is 0.978. The SMILES string of the molecule is CS(=O)(=O)c1cccc2c1[nH]c(=S)n2CCC(N)=O. The molecule has 0 saturated heterocycles. The number of hydrogen-bond donors (Lipinski definition) is 2. The number of hydrogen-bond acceptors (Lipinski definition) is 4. The lowest BCUT2D eigenvalue weighted by molar-refractivity contribution is -0.118. The lowest BCUT2D eigenvalue weighted by Gasteiger charge is -2.03. The molecule has 3 N–H and O–H groups in total. The molecule has 2 aromatic rings. The number of imidazole rings is 1. The van der Waals surface area contributed by atoms with Crippen LogP contribution in [0.4, 0.5) is 0 Å². The molecule has 8 heteroatoms. The molecule has 0 fully saturated rings. The number of sulfone groups is 1. The molecule has 1 amide bonds. The molecule has 0 aliphatic rings. The molecule has 1 aromatic heterocycles. The van der Waals surface area contributed by atoms with Gasteiger partial charge in [0.15, 0.2) is 14.6 Å². The maximum atomic E-state index is 11.7. The first kappa shape index (κ1) is 13.8. The number of carbonyl (C=O) groups is 1. The lowest BCUT2D eigenvalue weighted by Crippen LogP contribution is -2.13. The molecule has 0 aliphatic heterocycles. The van der Waals surface area contributed by atoms with Crippen molar-refractivity contribution in [2.24, 2.45) is 5.73 Å². The number of benzene rings is 1. The van der Waals surface area contributed by atoms with Crippen LogP contribution in [0.1, 0.15) is 6.42 Å². The van der Waals surface area contributed by atoms with Gasteiger partial charge in [-0.25, -0.2) is 8.42 Å². The fraction of sp³-hybridized carbons (Fsp3) is 0.273. The Balaban J connectivity index is 2.66. The van der Waals surface area contributed by atoms with Crippen LogP contribution in [0.3, 0.4) is 0 Å². The summed E-state index contributed by atoms with van der Waals surface area (Å²) < 4.78 is 25.4. The molecule has 0 atom stereocenters. The van der Waals surface area contributed by atoms with Gasteiger partial charge in [-0.2, -0.15) is 0 Å². The van der Waals surface area contributed by atoms with Gasteiger partial charge in [0.2, 0.25) is 5.91 Å². The van der Waals surface area contributed by atoms with Crippen LogP contribution in [0.15, 0.2) is 23.1 Å². The number of fused-ring (bicyclic) bond motifs is 1. The van der Waals surface area contributed by atoms with Crippen molar-refractivity contribution in [2.45, 2.75) is 17.9 Å². The monoisotopic (exact) mass is 299 g/mol. The molecule has 1 aromatic carbocycles. The normalized spacial score (nSPS) is 11.8. The first-order valence-electron chi connectivity index (χ1n) is 5.50. The standard InChI is InChI=1S/C11H13N3O3S2/c1-19(16,17)8-4-2-3-7-10(8)13-11(18)14(7)6-5-9(12)15/h2-4H,5-6H2,1H3,(H2,12,15)(H,13,18). The number of primary amides is 1. The van der Waals surface area contributed by atoms with E-state index in [2.05, 4.69) is 4.98 Å². The van der Waals surface area contributed by atoms with E-state index in [9.17, 15) is 13.2 Å². The van der Waals surface area contributed by atoms with E-state index in [-0.39, 0.29) is 11.3 Å². The second-order valence-electron chi connectivity index (χ2n) is 4.22. The number of H-pyrrole nitrogens is 1. The third kappa shape index (κ3) is 2.69. The van der Waals surface area contributed by atoms with Crippen LogP contribution < -0.4 is 5.73 Å². The van der Waals surface area contributed by atoms with Gasteiger partial charge in [0.05, 0.1) is 15.9 Å². The Labute approximate surface area is 115 Å². The molecule has 19 heavy (non-hydrogen) atoms. The molecule has 0 bridgehead atoms. The van der Waals surface area contributed by atoms with Crippen LogP contribution in [0.5, 0.6) is 0 Å². The van der Waals surface area contributed by atoms with E-state index in [1.165, 1.54) is 6.07 Å². The van der Waals surface area contributed by atoms with Crippen LogP contribution in [-0.2, 0) is 21.2 Å². The van der Waals surface area contributed by atoms with Gasteiger partial charge in [-0.05, 0) is 24.4 Å². The van der Waals surface area contributed by atoms with Gasteiger partial charge < -0.3 is 15.3 Å². The smallest absolute Gasteiger partial charge is 0.219 e. The zero-order valence-corrected chi connectivity index (χ0v) is 11.8. The van der Waals surface area contributed by atoms with Gasteiger partial charge in [-0.3, -0.25) is 4.79 Å². The maximum absolute atomic E-state index is 11.7. The van der Waals surface area contributed by atoms with E-state index >= 15 is 0 Å². The molecule has 102 valence electrons. The maximum Gasteiger partial charge on any atom is 0.219 e. The summed E-state index contributed by atoms with van der Waals surface area (Å²) in [5.41, 5.74) is 6.22. The van der Waals surface area contributed by atoms with Crippen LogP contribution >= 0.6 is 12.2 Å². The molecule has 6 nitrogen and oxygen atoms in total. The van der Waals surface area contributed by atoms with E-state index < -0.39 is 15.7 Å². The number of rotatable bonds is 4. The molecule has 2 rings (SSSR count). The number of aromatic amines is 1. The van der Waals surface area contributed by atoms with Crippen LogP contribution in [0.2, 0.25) is 0 Å². The highest BCUT2D eigenvalue weighted by Gasteiger charge is 2.15. The Kier molecular flexibility index (Phi) is 3.46. The van der Waals surface area contributed by atoms with Crippen molar-refractivity contribution in [1.29, 1.82) is 0 Å². The third-order valence-corrected chi connectivity index (χ3v) is 4.21. The third-order valence-electron chi connectivity index (χ3n) is 2.75. The number of nitrogens with one attached hydrogen (secondary N) is 1. The molecule has 0 radical (unpaired) electrons. The topological polar surface area (TPSA) is 97.9 Å². The molecule has 0 unspecified atom stereocenters. The quantitative estimate of drug-likeness (QED) is 0.822. The Hall–Kier alpha value is -1.67. The van der Waals surface area contributed by atoms with Crippen molar-refractivity contribution in [3.05, 3.63) is 23.0 Å². The summed E-state index contributed by atoms with van der Waals surface area (Å²) in [5, 5.41) is 0. The van der Waals surface area contributed by atoms with Gasteiger partial charge in [0, 0.05) is 19.2 Å². The van der Waals surface area contributed by atoms with Gasteiger partial charge in [0.1, 0.15) is 0 Å². The van der Waals surface area contributed by atoms with Crippen LogP contribution in [0, 0.1) is 4.77 Å². The number of amides is 1.